The van der Waals surface area contributed by atoms with Gasteiger partial charge in [0.1, 0.15) is 5.76 Å². The minimum Gasteiger partial charge on any atom is -0.456 e. The maximum Gasteiger partial charge on any atom is 0.289 e. The van der Waals surface area contributed by atoms with Crippen LogP contribution in [0.2, 0.25) is 0 Å². The third kappa shape index (κ3) is 5.52. The molecule has 2 N–H and O–H groups in total. The highest BCUT2D eigenvalue weighted by atomic mass is 16.3. The first-order valence-corrected chi connectivity index (χ1v) is 10.5. The molecule has 2 aromatic rings. The normalized spacial score (nSPS) is 15.4. The molecule has 1 aliphatic heterocycles. The maximum absolute atomic E-state index is 12.5. The Balaban J connectivity index is 1.45. The minimum absolute atomic E-state index is 0.0900. The topological polar surface area (TPSA) is 94.9 Å². The molecule has 31 heavy (non-hydrogen) atoms. The van der Waals surface area contributed by atoms with Crippen LogP contribution in [-0.2, 0) is 9.59 Å². The van der Waals surface area contributed by atoms with Crippen molar-refractivity contribution in [2.45, 2.75) is 33.7 Å². The smallest absolute Gasteiger partial charge is 0.289 e. The number of hydrogen-bond acceptors (Lipinski definition) is 5. The minimum atomic E-state index is -0.392. The maximum atomic E-state index is 12.5. The van der Waals surface area contributed by atoms with Crippen LogP contribution in [0.25, 0.3) is 0 Å². The summed E-state index contributed by atoms with van der Waals surface area (Å²) < 4.78 is 5.42. The highest BCUT2D eigenvalue weighted by Gasteiger charge is 2.29. The highest BCUT2D eigenvalue weighted by molar-refractivity contribution is 5.96. The Morgan fingerprint density at radius 1 is 1.00 bits per heavy atom. The van der Waals surface area contributed by atoms with Crippen molar-refractivity contribution in [1.29, 1.82) is 0 Å². The van der Waals surface area contributed by atoms with Gasteiger partial charge in [-0.05, 0) is 51.0 Å². The van der Waals surface area contributed by atoms with Crippen LogP contribution in [0.5, 0.6) is 0 Å². The van der Waals surface area contributed by atoms with Crippen molar-refractivity contribution in [3.63, 3.8) is 0 Å². The van der Waals surface area contributed by atoms with Crippen molar-refractivity contribution in [2.24, 2.45) is 0 Å². The largest absolute Gasteiger partial charge is 0.456 e. The second-order valence-corrected chi connectivity index (χ2v) is 7.95. The van der Waals surface area contributed by atoms with Gasteiger partial charge in [0.15, 0.2) is 5.76 Å². The molecule has 0 aliphatic carbocycles. The fraction of sp³-hybridized carbons (Fsp3) is 0.435. The number of amides is 3. The van der Waals surface area contributed by atoms with Crippen LogP contribution in [0.15, 0.2) is 34.7 Å². The summed E-state index contributed by atoms with van der Waals surface area (Å²) in [5.74, 6) is 0.439. The number of carbonyl (C=O) groups excluding carboxylic acids is 3. The van der Waals surface area contributed by atoms with Crippen molar-refractivity contribution < 1.29 is 18.8 Å². The van der Waals surface area contributed by atoms with Crippen LogP contribution in [0.4, 0.5) is 5.69 Å². The van der Waals surface area contributed by atoms with Gasteiger partial charge >= 0.3 is 0 Å². The molecule has 3 amide bonds. The summed E-state index contributed by atoms with van der Waals surface area (Å²) in [6.07, 6.45) is 0. The van der Waals surface area contributed by atoms with Gasteiger partial charge in [0, 0.05) is 31.9 Å². The van der Waals surface area contributed by atoms with Crippen molar-refractivity contribution in [1.82, 2.24) is 15.1 Å². The van der Waals surface area contributed by atoms with Gasteiger partial charge in [-0.1, -0.05) is 18.2 Å². The number of carbonyl (C=O) groups is 3. The summed E-state index contributed by atoms with van der Waals surface area (Å²) in [5.41, 5.74) is 2.73. The fourth-order valence-corrected chi connectivity index (χ4v) is 3.69. The Morgan fingerprint density at radius 2 is 1.65 bits per heavy atom. The monoisotopic (exact) mass is 426 g/mol. The summed E-state index contributed by atoms with van der Waals surface area (Å²) in [7, 11) is 0. The molecule has 1 fully saturated rings. The quantitative estimate of drug-likeness (QED) is 0.738. The number of aryl methyl sites for hydroxylation is 3. The van der Waals surface area contributed by atoms with E-state index in [-0.39, 0.29) is 24.3 Å². The average molecular weight is 427 g/mol. The number of nitrogens with one attached hydrogen (secondary N) is 2. The predicted octanol–water partition coefficient (Wildman–Crippen LogP) is 2.11. The Labute approximate surface area is 182 Å². The number of para-hydroxylation sites is 1. The van der Waals surface area contributed by atoms with Crippen LogP contribution in [-0.4, -0.2) is 66.3 Å². The van der Waals surface area contributed by atoms with E-state index in [1.165, 1.54) is 0 Å². The van der Waals surface area contributed by atoms with E-state index in [0.29, 0.717) is 37.7 Å². The van der Waals surface area contributed by atoms with Crippen LogP contribution >= 0.6 is 0 Å². The lowest BCUT2D eigenvalue weighted by atomic mass is 10.1. The SMILES string of the molecule is Cc1ccc(C(=O)N2CCN(C(C)C(=O)NCC(=O)Nc3c(C)cccc3C)CC2)o1. The summed E-state index contributed by atoms with van der Waals surface area (Å²) >= 11 is 0. The van der Waals surface area contributed by atoms with E-state index in [2.05, 4.69) is 10.6 Å². The van der Waals surface area contributed by atoms with Crippen molar-refractivity contribution >= 4 is 23.4 Å². The molecular formula is C23H30N4O4. The molecule has 1 aromatic carbocycles. The van der Waals surface area contributed by atoms with Gasteiger partial charge in [0.2, 0.25) is 11.8 Å². The molecule has 0 spiro atoms. The zero-order valence-corrected chi connectivity index (χ0v) is 18.5. The number of nitrogens with zero attached hydrogens (tertiary/aromatic N) is 2. The van der Waals surface area contributed by atoms with Crippen molar-refractivity contribution in [3.8, 4) is 0 Å². The predicted molar refractivity (Wildman–Crippen MR) is 118 cm³/mol. The molecule has 1 aromatic heterocycles. The number of furan rings is 1. The summed E-state index contributed by atoms with van der Waals surface area (Å²) in [6.45, 7) is 9.58. The van der Waals surface area contributed by atoms with Gasteiger partial charge < -0.3 is 20.0 Å². The number of anilines is 1. The third-order valence-electron chi connectivity index (χ3n) is 5.65. The van der Waals surface area contributed by atoms with E-state index < -0.39 is 6.04 Å². The molecule has 0 saturated carbocycles. The molecule has 8 heteroatoms. The van der Waals surface area contributed by atoms with E-state index >= 15 is 0 Å². The average Bonchev–Trinajstić information content (AvgIpc) is 3.20. The van der Waals surface area contributed by atoms with Gasteiger partial charge in [0.25, 0.3) is 5.91 Å². The summed E-state index contributed by atoms with van der Waals surface area (Å²) in [4.78, 5) is 41.1. The van der Waals surface area contributed by atoms with Crippen molar-refractivity contribution in [2.75, 3.05) is 38.0 Å². The molecule has 1 aliphatic rings. The zero-order valence-electron chi connectivity index (χ0n) is 18.5. The fourth-order valence-electron chi connectivity index (χ4n) is 3.69. The van der Waals surface area contributed by atoms with Crippen LogP contribution in [0, 0.1) is 20.8 Å². The van der Waals surface area contributed by atoms with E-state index in [1.54, 1.807) is 24.0 Å². The van der Waals surface area contributed by atoms with Crippen molar-refractivity contribution in [3.05, 3.63) is 53.0 Å². The lowest BCUT2D eigenvalue weighted by Crippen LogP contribution is -2.55. The lowest BCUT2D eigenvalue weighted by Gasteiger charge is -2.37. The first-order chi connectivity index (χ1) is 14.8. The Morgan fingerprint density at radius 3 is 2.23 bits per heavy atom. The second kappa shape index (κ2) is 9.78. The summed E-state index contributed by atoms with van der Waals surface area (Å²) in [5, 5.41) is 5.58. The third-order valence-corrected chi connectivity index (χ3v) is 5.65. The number of benzene rings is 1. The Kier molecular flexibility index (Phi) is 7.12. The molecule has 8 nitrogen and oxygen atoms in total. The van der Waals surface area contributed by atoms with E-state index in [9.17, 15) is 14.4 Å². The number of hydrogen-bond donors (Lipinski definition) is 2. The van der Waals surface area contributed by atoms with Gasteiger partial charge in [-0.15, -0.1) is 0 Å². The van der Waals surface area contributed by atoms with E-state index in [1.807, 2.05) is 43.9 Å². The number of piperazine rings is 1. The number of rotatable bonds is 6. The molecule has 1 atom stereocenters. The second-order valence-electron chi connectivity index (χ2n) is 7.95. The molecule has 2 heterocycles. The summed E-state index contributed by atoms with van der Waals surface area (Å²) in [6, 6.07) is 8.86. The molecule has 1 unspecified atom stereocenters. The van der Waals surface area contributed by atoms with Crippen LogP contribution < -0.4 is 10.6 Å². The molecule has 3 rings (SSSR count). The molecule has 166 valence electrons. The van der Waals surface area contributed by atoms with Gasteiger partial charge in [-0.2, -0.15) is 0 Å². The van der Waals surface area contributed by atoms with Crippen LogP contribution in [0.1, 0.15) is 34.4 Å². The zero-order chi connectivity index (χ0) is 22.5. The van der Waals surface area contributed by atoms with E-state index in [0.717, 1.165) is 16.8 Å². The highest BCUT2D eigenvalue weighted by Crippen LogP contribution is 2.19. The first-order valence-electron chi connectivity index (χ1n) is 10.5. The first kappa shape index (κ1) is 22.6. The molecule has 0 radical (unpaired) electrons. The van der Waals surface area contributed by atoms with E-state index in [4.69, 9.17) is 4.42 Å². The lowest BCUT2D eigenvalue weighted by molar-refractivity contribution is -0.128. The molecule has 0 bridgehead atoms. The molecular weight excluding hydrogens is 396 g/mol. The Bertz CT molecular complexity index is 940. The van der Waals surface area contributed by atoms with Crippen LogP contribution in [0.3, 0.4) is 0 Å². The van der Waals surface area contributed by atoms with Gasteiger partial charge in [-0.25, -0.2) is 0 Å². The van der Waals surface area contributed by atoms with Gasteiger partial charge in [-0.3, -0.25) is 19.3 Å². The van der Waals surface area contributed by atoms with Gasteiger partial charge in [0.05, 0.1) is 12.6 Å². The Hall–Kier alpha value is -3.13. The molecule has 1 saturated heterocycles. The standard InChI is InChI=1S/C23H30N4O4/c1-15-6-5-7-16(2)21(15)25-20(28)14-24-22(29)18(4)26-10-12-27(13-11-26)23(30)19-9-8-17(3)31-19/h5-9,18H,10-14H2,1-4H3,(H,24,29)(H,25,28).